The third-order valence-electron chi connectivity index (χ3n) is 0.213. The van der Waals surface area contributed by atoms with Crippen molar-refractivity contribution in [2.45, 2.75) is 0 Å². The van der Waals surface area contributed by atoms with E-state index in [1.807, 2.05) is 0 Å². The van der Waals surface area contributed by atoms with Crippen molar-refractivity contribution >= 4 is 24.6 Å². The molecule has 4 N–H and O–H groups in total. The van der Waals surface area contributed by atoms with Crippen molar-refractivity contribution in [3.63, 3.8) is 0 Å². The second-order valence-electron chi connectivity index (χ2n) is 1.06. The second-order valence-corrected chi connectivity index (χ2v) is 8.00. The average molecular weight is 259 g/mol. The molecule has 56 valence electrons. The van der Waals surface area contributed by atoms with Gasteiger partial charge >= 0.3 is 33.1 Å². The monoisotopic (exact) mass is 258 g/mol. The predicted molar refractivity (Wildman–Crippen MR) is 31.7 cm³/mol. The molecule has 0 spiro atoms. The first kappa shape index (κ1) is 13.8. The second kappa shape index (κ2) is 4.34. The molecule has 0 unspecified atom stereocenters. The molecular weight excluding hydrogens is 255 g/mol. The Hall–Kier alpha value is 1.27. The first-order valence-corrected chi connectivity index (χ1v) is 6.78. The Bertz CT molecular complexity index is 156. The summed E-state index contributed by atoms with van der Waals surface area (Å²) in [6, 6.07) is 0. The zero-order valence-electron chi connectivity index (χ0n) is 4.62. The number of hydrogen-bond donors (Lipinski definition) is 4. The van der Waals surface area contributed by atoms with E-state index in [4.69, 9.17) is 19.6 Å². The molecule has 0 fully saturated rings. The van der Waals surface area contributed by atoms with Crippen LogP contribution in [0.3, 0.4) is 0 Å². The molecule has 0 bridgehead atoms. The van der Waals surface area contributed by atoms with Crippen molar-refractivity contribution in [1.82, 2.24) is 0 Å². The molecule has 0 heterocycles. The van der Waals surface area contributed by atoms with E-state index in [1.165, 1.54) is 0 Å². The summed E-state index contributed by atoms with van der Waals surface area (Å²) >= 11 is -0.653. The summed E-state index contributed by atoms with van der Waals surface area (Å²) in [6.07, 6.45) is 0. The van der Waals surface area contributed by atoms with Crippen LogP contribution in [-0.4, -0.2) is 19.6 Å². The van der Waals surface area contributed by atoms with Gasteiger partial charge in [-0.2, -0.15) is 0 Å². The van der Waals surface area contributed by atoms with E-state index in [1.54, 1.807) is 0 Å². The summed E-state index contributed by atoms with van der Waals surface area (Å²) in [7, 11) is 0. The standard InChI is InChI=1S/H4O6P2S.Zn/c1-7(2,3)9-8(4,5)6;/h(H2,1,2,3)(H2,4,5,6);/q;+2. The van der Waals surface area contributed by atoms with Gasteiger partial charge in [0.15, 0.2) is 0 Å². The maximum atomic E-state index is 9.81. The van der Waals surface area contributed by atoms with E-state index in [0.717, 1.165) is 0 Å². The smallest absolute Gasteiger partial charge is 0.316 e. The van der Waals surface area contributed by atoms with E-state index < -0.39 is 24.6 Å². The van der Waals surface area contributed by atoms with Gasteiger partial charge in [0.25, 0.3) is 0 Å². The minimum absolute atomic E-state index is 0. The molecule has 6 nitrogen and oxygen atoms in total. The van der Waals surface area contributed by atoms with Crippen LogP contribution < -0.4 is 0 Å². The van der Waals surface area contributed by atoms with Gasteiger partial charge in [0.05, 0.1) is 11.0 Å². The fraction of sp³-hybridized carbons (Fsp3) is 0. The minimum atomic E-state index is -4.63. The molecule has 10 heteroatoms. The van der Waals surface area contributed by atoms with Crippen molar-refractivity contribution in [1.29, 1.82) is 0 Å². The third-order valence-corrected chi connectivity index (χ3v) is 5.74. The van der Waals surface area contributed by atoms with E-state index in [9.17, 15) is 9.13 Å². The van der Waals surface area contributed by atoms with Gasteiger partial charge in [-0.25, -0.2) is 9.13 Å². The Kier molecular flexibility index (Phi) is 6.00. The first-order valence-electron chi connectivity index (χ1n) is 1.53. The van der Waals surface area contributed by atoms with Crippen LogP contribution in [0, 0.1) is 0 Å². The zero-order valence-corrected chi connectivity index (χ0v) is 10.2. The summed E-state index contributed by atoms with van der Waals surface area (Å²) in [5, 5.41) is 0. The van der Waals surface area contributed by atoms with Crippen molar-refractivity contribution in [2.24, 2.45) is 0 Å². The van der Waals surface area contributed by atoms with Crippen LogP contribution in [0.5, 0.6) is 0 Å². The Balaban J connectivity index is 0. The molecular formula is H4O6P2SZn+2. The largest absolute Gasteiger partial charge is 2.00 e. The van der Waals surface area contributed by atoms with Gasteiger partial charge in [-0.3, -0.25) is 0 Å². The fourth-order valence-electron chi connectivity index (χ4n) is 0.139. The fourth-order valence-corrected chi connectivity index (χ4v) is 3.74. The molecule has 0 aromatic carbocycles. The van der Waals surface area contributed by atoms with Gasteiger partial charge < -0.3 is 19.6 Å². The molecule has 0 aromatic heterocycles. The third kappa shape index (κ3) is 12.0. The van der Waals surface area contributed by atoms with E-state index in [-0.39, 0.29) is 19.5 Å². The van der Waals surface area contributed by atoms with Crippen molar-refractivity contribution in [2.75, 3.05) is 0 Å². The maximum Gasteiger partial charge on any atom is 2.00 e. The normalized spacial score (nSPS) is 12.4. The van der Waals surface area contributed by atoms with Crippen LogP contribution in [0.2, 0.25) is 0 Å². The minimum Gasteiger partial charge on any atom is -0.316 e. The van der Waals surface area contributed by atoms with Crippen LogP contribution >= 0.6 is 24.6 Å². The number of rotatable bonds is 2. The topological polar surface area (TPSA) is 115 Å². The van der Waals surface area contributed by atoms with Gasteiger partial charge in [-0.05, 0) is 0 Å². The Labute approximate surface area is 73.0 Å². The maximum absolute atomic E-state index is 9.81. The molecule has 0 atom stereocenters. The molecule has 0 aliphatic rings. The van der Waals surface area contributed by atoms with Crippen molar-refractivity contribution < 1.29 is 48.2 Å². The van der Waals surface area contributed by atoms with Crippen LogP contribution in [0.1, 0.15) is 0 Å². The Morgan fingerprint density at radius 1 is 0.900 bits per heavy atom. The summed E-state index contributed by atoms with van der Waals surface area (Å²) in [5.74, 6) is 0. The molecule has 0 aliphatic heterocycles. The van der Waals surface area contributed by atoms with Gasteiger partial charge in [0.1, 0.15) is 0 Å². The molecule has 0 amide bonds. The summed E-state index contributed by atoms with van der Waals surface area (Å²) in [4.78, 5) is 31.7. The van der Waals surface area contributed by atoms with Crippen molar-refractivity contribution in [3.8, 4) is 0 Å². The zero-order chi connectivity index (χ0) is 7.71. The molecule has 0 rings (SSSR count). The van der Waals surface area contributed by atoms with Gasteiger partial charge in [-0.15, -0.1) is 0 Å². The molecule has 0 saturated carbocycles. The first-order chi connectivity index (χ1) is 3.71. The molecule has 0 radical (unpaired) electrons. The Morgan fingerprint density at radius 3 is 1.10 bits per heavy atom. The van der Waals surface area contributed by atoms with Crippen LogP contribution in [0.4, 0.5) is 0 Å². The molecule has 10 heavy (non-hydrogen) atoms. The summed E-state index contributed by atoms with van der Waals surface area (Å²) in [5.41, 5.74) is 0. The molecule has 0 saturated heterocycles. The van der Waals surface area contributed by atoms with E-state index >= 15 is 0 Å². The Morgan fingerprint density at radius 2 is 1.10 bits per heavy atom. The number of hydrogen-bond acceptors (Lipinski definition) is 3. The molecule has 0 aliphatic carbocycles. The van der Waals surface area contributed by atoms with Gasteiger partial charge in [0.2, 0.25) is 0 Å². The van der Waals surface area contributed by atoms with Crippen molar-refractivity contribution in [3.05, 3.63) is 0 Å². The SMILES string of the molecule is O=P(O)(O)SP(=O)(O)O.[Zn+2]. The van der Waals surface area contributed by atoms with Crippen LogP contribution in [0.25, 0.3) is 0 Å². The van der Waals surface area contributed by atoms with E-state index in [2.05, 4.69) is 0 Å². The predicted octanol–water partition coefficient (Wildman–Crippen LogP) is -0.0975. The molecule has 0 aromatic rings. The van der Waals surface area contributed by atoms with Gasteiger partial charge in [-0.1, -0.05) is 0 Å². The summed E-state index contributed by atoms with van der Waals surface area (Å²) in [6.45, 7) is -9.27. The van der Waals surface area contributed by atoms with Crippen LogP contribution in [0.15, 0.2) is 0 Å². The average Bonchev–Trinajstić information content (AvgIpc) is 1.14. The van der Waals surface area contributed by atoms with Crippen LogP contribution in [-0.2, 0) is 28.6 Å². The van der Waals surface area contributed by atoms with E-state index in [0.29, 0.717) is 0 Å². The quantitative estimate of drug-likeness (QED) is 0.404. The van der Waals surface area contributed by atoms with Gasteiger partial charge in [0, 0.05) is 0 Å². The summed E-state index contributed by atoms with van der Waals surface area (Å²) < 4.78 is 19.6.